The second-order valence-electron chi connectivity index (χ2n) is 6.90. The lowest BCUT2D eigenvalue weighted by Crippen LogP contribution is -2.45. The van der Waals surface area contributed by atoms with Crippen LogP contribution in [0.3, 0.4) is 0 Å². The molecule has 0 spiro atoms. The van der Waals surface area contributed by atoms with E-state index in [0.717, 1.165) is 19.4 Å². The second kappa shape index (κ2) is 7.98. The molecule has 2 heterocycles. The zero-order chi connectivity index (χ0) is 18.8. The predicted molar refractivity (Wildman–Crippen MR) is 96.9 cm³/mol. The molecule has 1 saturated heterocycles. The Morgan fingerprint density at radius 2 is 1.92 bits per heavy atom. The van der Waals surface area contributed by atoms with E-state index >= 15 is 0 Å². The third-order valence-electron chi connectivity index (χ3n) is 4.56. The Balaban J connectivity index is 2.28. The standard InChI is InChI=1S/C15H30N6O3S/c1-6-20-14(16-21(15(20)22)11-10-17(2)3)13-8-7-9-19(12-13)25(23,24)18(4)5/h13H,6-12H2,1-5H3/t13-/m1/s1. The molecular formula is C15H30N6O3S. The molecule has 1 fully saturated rings. The van der Waals surface area contributed by atoms with Crippen LogP contribution in [0.25, 0.3) is 0 Å². The summed E-state index contributed by atoms with van der Waals surface area (Å²) in [6, 6.07) is 0. The first-order valence-electron chi connectivity index (χ1n) is 8.68. The van der Waals surface area contributed by atoms with Gasteiger partial charge in [-0.2, -0.15) is 22.1 Å². The second-order valence-corrected chi connectivity index (χ2v) is 9.04. The van der Waals surface area contributed by atoms with E-state index in [1.54, 1.807) is 4.57 Å². The first-order chi connectivity index (χ1) is 11.7. The van der Waals surface area contributed by atoms with Gasteiger partial charge in [0.1, 0.15) is 5.82 Å². The van der Waals surface area contributed by atoms with E-state index in [-0.39, 0.29) is 11.6 Å². The van der Waals surface area contributed by atoms with Gasteiger partial charge in [-0.15, -0.1) is 0 Å². The van der Waals surface area contributed by atoms with Crippen LogP contribution in [0.1, 0.15) is 31.5 Å². The van der Waals surface area contributed by atoms with Crippen molar-refractivity contribution in [2.75, 3.05) is 47.8 Å². The molecular weight excluding hydrogens is 344 g/mol. The molecule has 9 nitrogen and oxygen atoms in total. The van der Waals surface area contributed by atoms with Gasteiger partial charge in [0.2, 0.25) is 0 Å². The van der Waals surface area contributed by atoms with Gasteiger partial charge in [-0.25, -0.2) is 9.48 Å². The van der Waals surface area contributed by atoms with Gasteiger partial charge in [0.15, 0.2) is 0 Å². The number of likely N-dealkylation sites (N-methyl/N-ethyl adjacent to an activating group) is 1. The lowest BCUT2D eigenvalue weighted by Gasteiger charge is -2.33. The molecule has 0 radical (unpaired) electrons. The summed E-state index contributed by atoms with van der Waals surface area (Å²) in [5.41, 5.74) is -0.119. The lowest BCUT2D eigenvalue weighted by atomic mass is 9.99. The van der Waals surface area contributed by atoms with Crippen LogP contribution in [-0.2, 0) is 23.3 Å². The van der Waals surface area contributed by atoms with Crippen molar-refractivity contribution in [1.29, 1.82) is 0 Å². The van der Waals surface area contributed by atoms with Crippen molar-refractivity contribution in [2.45, 2.75) is 38.8 Å². The Morgan fingerprint density at radius 1 is 1.24 bits per heavy atom. The third-order valence-corrected chi connectivity index (χ3v) is 6.47. The van der Waals surface area contributed by atoms with Crippen molar-refractivity contribution < 1.29 is 8.42 Å². The van der Waals surface area contributed by atoms with Crippen LogP contribution in [-0.4, -0.2) is 84.1 Å². The van der Waals surface area contributed by atoms with Crippen LogP contribution < -0.4 is 5.69 Å². The maximum absolute atomic E-state index is 12.6. The van der Waals surface area contributed by atoms with Crippen LogP contribution >= 0.6 is 0 Å². The molecule has 0 bridgehead atoms. The van der Waals surface area contributed by atoms with E-state index in [2.05, 4.69) is 5.10 Å². The molecule has 0 aromatic carbocycles. The number of hydrogen-bond acceptors (Lipinski definition) is 5. The molecule has 1 aromatic rings. The molecule has 0 N–H and O–H groups in total. The highest BCUT2D eigenvalue weighted by Gasteiger charge is 2.33. The van der Waals surface area contributed by atoms with Crippen molar-refractivity contribution in [1.82, 2.24) is 27.9 Å². The van der Waals surface area contributed by atoms with Crippen molar-refractivity contribution in [3.8, 4) is 0 Å². The monoisotopic (exact) mass is 374 g/mol. The maximum atomic E-state index is 12.6. The zero-order valence-corrected chi connectivity index (χ0v) is 16.7. The summed E-state index contributed by atoms with van der Waals surface area (Å²) < 4.78 is 30.7. The zero-order valence-electron chi connectivity index (χ0n) is 15.8. The van der Waals surface area contributed by atoms with Crippen LogP contribution in [0, 0.1) is 0 Å². The summed E-state index contributed by atoms with van der Waals surface area (Å²) in [5.74, 6) is 0.640. The minimum absolute atomic E-state index is 0.0586. The van der Waals surface area contributed by atoms with Crippen molar-refractivity contribution in [2.24, 2.45) is 0 Å². The van der Waals surface area contributed by atoms with E-state index in [9.17, 15) is 13.2 Å². The van der Waals surface area contributed by atoms with Gasteiger partial charge in [0.05, 0.1) is 6.54 Å². The molecule has 25 heavy (non-hydrogen) atoms. The maximum Gasteiger partial charge on any atom is 0.345 e. The summed E-state index contributed by atoms with van der Waals surface area (Å²) >= 11 is 0. The quantitative estimate of drug-likeness (QED) is 0.649. The highest BCUT2D eigenvalue weighted by Crippen LogP contribution is 2.27. The van der Waals surface area contributed by atoms with Gasteiger partial charge in [-0.1, -0.05) is 0 Å². The van der Waals surface area contributed by atoms with E-state index in [1.165, 1.54) is 27.4 Å². The van der Waals surface area contributed by atoms with E-state index in [4.69, 9.17) is 0 Å². The topological polar surface area (TPSA) is 83.7 Å². The molecule has 10 heteroatoms. The van der Waals surface area contributed by atoms with Gasteiger partial charge in [0, 0.05) is 46.2 Å². The van der Waals surface area contributed by atoms with Gasteiger partial charge >= 0.3 is 5.69 Å². The smallest absolute Gasteiger partial charge is 0.308 e. The van der Waals surface area contributed by atoms with Gasteiger partial charge < -0.3 is 4.90 Å². The van der Waals surface area contributed by atoms with Crippen molar-refractivity contribution >= 4 is 10.2 Å². The first-order valence-corrected chi connectivity index (χ1v) is 10.1. The highest BCUT2D eigenvalue weighted by molar-refractivity contribution is 7.86. The van der Waals surface area contributed by atoms with Crippen LogP contribution in [0.2, 0.25) is 0 Å². The summed E-state index contributed by atoms with van der Waals surface area (Å²) in [4.78, 5) is 14.6. The number of rotatable bonds is 7. The van der Waals surface area contributed by atoms with Gasteiger partial charge in [-0.3, -0.25) is 4.57 Å². The first kappa shape index (κ1) is 20.1. The lowest BCUT2D eigenvalue weighted by molar-refractivity contribution is 0.288. The minimum atomic E-state index is -3.45. The Bertz CT molecular complexity index is 737. The molecule has 144 valence electrons. The SMILES string of the molecule is CCn1c([C@@H]2CCCN(S(=O)(=O)N(C)C)C2)nn(CCN(C)C)c1=O. The van der Waals surface area contributed by atoms with Crippen molar-refractivity contribution in [3.63, 3.8) is 0 Å². The number of nitrogens with zero attached hydrogens (tertiary/aromatic N) is 6. The Kier molecular flexibility index (Phi) is 6.41. The fourth-order valence-corrected chi connectivity index (χ4v) is 4.28. The van der Waals surface area contributed by atoms with Crippen LogP contribution in [0.5, 0.6) is 0 Å². The van der Waals surface area contributed by atoms with Crippen LogP contribution in [0.15, 0.2) is 4.79 Å². The third kappa shape index (κ3) is 4.30. The summed E-state index contributed by atoms with van der Waals surface area (Å²) in [7, 11) is 3.53. The summed E-state index contributed by atoms with van der Waals surface area (Å²) in [6.07, 6.45) is 1.60. The summed E-state index contributed by atoms with van der Waals surface area (Å²) in [5, 5.41) is 4.54. The highest BCUT2D eigenvalue weighted by atomic mass is 32.2. The average Bonchev–Trinajstić information content (AvgIpc) is 2.88. The van der Waals surface area contributed by atoms with Crippen LogP contribution in [0.4, 0.5) is 0 Å². The molecule has 0 aliphatic carbocycles. The largest absolute Gasteiger partial charge is 0.345 e. The minimum Gasteiger partial charge on any atom is -0.308 e. The molecule has 2 rings (SSSR count). The molecule has 1 aliphatic heterocycles. The number of aromatic nitrogens is 3. The normalized spacial score (nSPS) is 19.9. The molecule has 0 saturated carbocycles. The van der Waals surface area contributed by atoms with Crippen molar-refractivity contribution in [3.05, 3.63) is 16.3 Å². The Labute approximate surface area is 150 Å². The Hall–Kier alpha value is -1.23. The molecule has 0 unspecified atom stereocenters. The predicted octanol–water partition coefficient (Wildman–Crippen LogP) is -0.388. The number of piperidine rings is 1. The fraction of sp³-hybridized carbons (Fsp3) is 0.867. The van der Waals surface area contributed by atoms with Gasteiger partial charge in [0.25, 0.3) is 10.2 Å². The van der Waals surface area contributed by atoms with Gasteiger partial charge in [-0.05, 0) is 33.9 Å². The summed E-state index contributed by atoms with van der Waals surface area (Å²) in [6.45, 7) is 4.58. The fourth-order valence-electron chi connectivity index (χ4n) is 3.09. The average molecular weight is 375 g/mol. The van der Waals surface area contributed by atoms with E-state index in [0.29, 0.717) is 32.0 Å². The Morgan fingerprint density at radius 3 is 2.48 bits per heavy atom. The number of hydrogen-bond donors (Lipinski definition) is 0. The van der Waals surface area contributed by atoms with E-state index in [1.807, 2.05) is 25.9 Å². The molecule has 0 amide bonds. The van der Waals surface area contributed by atoms with E-state index < -0.39 is 10.2 Å². The molecule has 1 aliphatic rings. The molecule has 1 atom stereocenters. The molecule has 1 aromatic heterocycles.